The van der Waals surface area contributed by atoms with Gasteiger partial charge in [-0.1, -0.05) is 25.9 Å². The lowest BCUT2D eigenvalue weighted by molar-refractivity contribution is -0.0240. The third kappa shape index (κ3) is 3.26. The first kappa shape index (κ1) is 12.5. The van der Waals surface area contributed by atoms with Crippen LogP contribution < -0.4 is 0 Å². The summed E-state index contributed by atoms with van der Waals surface area (Å²) in [5.74, 6) is 1.47. The molecule has 1 aliphatic heterocycles. The fraction of sp³-hybridized carbons (Fsp3) is 0.833. The van der Waals surface area contributed by atoms with E-state index < -0.39 is 0 Å². The minimum Gasteiger partial charge on any atom is -0.376 e. The molecule has 1 fully saturated rings. The summed E-state index contributed by atoms with van der Waals surface area (Å²) in [5.41, 5.74) is -0.0555. The van der Waals surface area contributed by atoms with Gasteiger partial charge in [0.1, 0.15) is 0 Å². The van der Waals surface area contributed by atoms with E-state index in [0.717, 1.165) is 32.1 Å². The molecule has 1 atom stereocenters. The molecule has 0 saturated carbocycles. The molecule has 1 aromatic heterocycles. The van der Waals surface area contributed by atoms with E-state index >= 15 is 0 Å². The molecule has 0 aromatic carbocycles. The van der Waals surface area contributed by atoms with Crippen molar-refractivity contribution >= 4 is 0 Å². The van der Waals surface area contributed by atoms with Gasteiger partial charge in [-0.3, -0.25) is 4.90 Å². The quantitative estimate of drug-likeness (QED) is 0.784. The first-order valence-electron chi connectivity index (χ1n) is 6.12. The number of ether oxygens (including phenoxy) is 1. The molecule has 17 heavy (non-hydrogen) atoms. The number of hydrogen-bond acceptors (Lipinski definition) is 5. The van der Waals surface area contributed by atoms with E-state index in [4.69, 9.17) is 9.26 Å². The first-order chi connectivity index (χ1) is 7.95. The van der Waals surface area contributed by atoms with Gasteiger partial charge in [0.2, 0.25) is 5.89 Å². The zero-order chi connectivity index (χ0) is 12.5. The monoisotopic (exact) mass is 239 g/mol. The Balaban J connectivity index is 1.97. The van der Waals surface area contributed by atoms with Crippen molar-refractivity contribution in [2.45, 2.75) is 45.8 Å². The van der Waals surface area contributed by atoms with E-state index in [1.54, 1.807) is 0 Å². The van der Waals surface area contributed by atoms with E-state index in [1.807, 2.05) is 0 Å². The van der Waals surface area contributed by atoms with E-state index in [9.17, 15) is 0 Å². The highest BCUT2D eigenvalue weighted by atomic mass is 16.5. The average Bonchev–Trinajstić information content (AvgIpc) is 2.65. The van der Waals surface area contributed by atoms with Crippen LogP contribution in [0.15, 0.2) is 4.52 Å². The molecule has 5 nitrogen and oxygen atoms in total. The van der Waals surface area contributed by atoms with Crippen LogP contribution >= 0.6 is 0 Å². The third-order valence-electron chi connectivity index (χ3n) is 2.82. The standard InChI is InChI=1S/C12H21N3O2/c1-9-7-15(5-6-16-9)8-10-13-11(14-17-10)12(2,3)4/h9H,5-8H2,1-4H3. The zero-order valence-corrected chi connectivity index (χ0v) is 11.1. The predicted octanol–water partition coefficient (Wildman–Crippen LogP) is 1.59. The normalized spacial score (nSPS) is 22.9. The summed E-state index contributed by atoms with van der Waals surface area (Å²) in [6.07, 6.45) is 0.286. The van der Waals surface area contributed by atoms with Gasteiger partial charge in [-0.05, 0) is 6.92 Å². The average molecular weight is 239 g/mol. The van der Waals surface area contributed by atoms with Gasteiger partial charge in [0.15, 0.2) is 5.82 Å². The van der Waals surface area contributed by atoms with Crippen LogP contribution in [-0.2, 0) is 16.7 Å². The third-order valence-corrected chi connectivity index (χ3v) is 2.82. The maximum Gasteiger partial charge on any atom is 0.240 e. The summed E-state index contributed by atoms with van der Waals surface area (Å²) in [4.78, 5) is 6.73. The summed E-state index contributed by atoms with van der Waals surface area (Å²) in [5, 5.41) is 4.03. The van der Waals surface area contributed by atoms with Crippen molar-refractivity contribution in [3.8, 4) is 0 Å². The minimum atomic E-state index is -0.0555. The molecular weight excluding hydrogens is 218 g/mol. The second-order valence-electron chi connectivity index (χ2n) is 5.68. The number of rotatable bonds is 2. The molecule has 0 amide bonds. The highest BCUT2D eigenvalue weighted by Crippen LogP contribution is 2.19. The largest absolute Gasteiger partial charge is 0.376 e. The smallest absolute Gasteiger partial charge is 0.240 e. The van der Waals surface area contributed by atoms with E-state index in [1.165, 1.54) is 0 Å². The van der Waals surface area contributed by atoms with Crippen molar-refractivity contribution < 1.29 is 9.26 Å². The van der Waals surface area contributed by atoms with Crippen LogP contribution in [0.25, 0.3) is 0 Å². The topological polar surface area (TPSA) is 51.4 Å². The van der Waals surface area contributed by atoms with Gasteiger partial charge >= 0.3 is 0 Å². The summed E-state index contributed by atoms with van der Waals surface area (Å²) < 4.78 is 10.8. The fourth-order valence-corrected chi connectivity index (χ4v) is 1.85. The lowest BCUT2D eigenvalue weighted by Gasteiger charge is -2.29. The molecule has 0 N–H and O–H groups in total. The molecule has 1 saturated heterocycles. The van der Waals surface area contributed by atoms with Crippen molar-refractivity contribution in [2.24, 2.45) is 0 Å². The molecular formula is C12H21N3O2. The van der Waals surface area contributed by atoms with Crippen molar-refractivity contribution in [2.75, 3.05) is 19.7 Å². The maximum atomic E-state index is 5.50. The molecule has 1 aliphatic rings. The van der Waals surface area contributed by atoms with Crippen LogP contribution in [-0.4, -0.2) is 40.8 Å². The van der Waals surface area contributed by atoms with Crippen molar-refractivity contribution in [3.63, 3.8) is 0 Å². The Hall–Kier alpha value is -0.940. The van der Waals surface area contributed by atoms with Gasteiger partial charge in [-0.25, -0.2) is 0 Å². The molecule has 0 aliphatic carbocycles. The van der Waals surface area contributed by atoms with E-state index in [2.05, 4.69) is 42.7 Å². The fourth-order valence-electron chi connectivity index (χ4n) is 1.85. The Morgan fingerprint density at radius 1 is 1.41 bits per heavy atom. The van der Waals surface area contributed by atoms with Gasteiger partial charge in [0.05, 0.1) is 19.3 Å². The van der Waals surface area contributed by atoms with Gasteiger partial charge in [0, 0.05) is 18.5 Å². The number of aromatic nitrogens is 2. The van der Waals surface area contributed by atoms with Gasteiger partial charge in [-0.2, -0.15) is 4.98 Å². The Labute approximate surface area is 102 Å². The molecule has 5 heteroatoms. The molecule has 96 valence electrons. The Bertz CT molecular complexity index is 370. The predicted molar refractivity (Wildman–Crippen MR) is 63.7 cm³/mol. The Morgan fingerprint density at radius 2 is 2.18 bits per heavy atom. The Morgan fingerprint density at radius 3 is 2.76 bits per heavy atom. The lowest BCUT2D eigenvalue weighted by atomic mass is 9.96. The first-order valence-corrected chi connectivity index (χ1v) is 6.12. The maximum absolute atomic E-state index is 5.50. The molecule has 1 aromatic rings. The van der Waals surface area contributed by atoms with E-state index in [0.29, 0.717) is 5.89 Å². The van der Waals surface area contributed by atoms with E-state index in [-0.39, 0.29) is 11.5 Å². The van der Waals surface area contributed by atoms with Crippen LogP contribution in [0.5, 0.6) is 0 Å². The highest BCUT2D eigenvalue weighted by molar-refractivity contribution is 4.99. The number of nitrogens with zero attached hydrogens (tertiary/aromatic N) is 3. The van der Waals surface area contributed by atoms with Crippen LogP contribution in [0.2, 0.25) is 0 Å². The van der Waals surface area contributed by atoms with Crippen LogP contribution in [0.4, 0.5) is 0 Å². The minimum absolute atomic E-state index is 0.0555. The van der Waals surface area contributed by atoms with Gasteiger partial charge in [0.25, 0.3) is 0 Å². The number of hydrogen-bond donors (Lipinski definition) is 0. The second kappa shape index (κ2) is 4.74. The lowest BCUT2D eigenvalue weighted by Crippen LogP contribution is -2.40. The highest BCUT2D eigenvalue weighted by Gasteiger charge is 2.23. The summed E-state index contributed by atoms with van der Waals surface area (Å²) in [6, 6.07) is 0. The van der Waals surface area contributed by atoms with Crippen LogP contribution in [0.3, 0.4) is 0 Å². The SMILES string of the molecule is CC1CN(Cc2nc(C(C)(C)C)no2)CCO1. The van der Waals surface area contributed by atoms with Gasteiger partial charge < -0.3 is 9.26 Å². The van der Waals surface area contributed by atoms with Crippen molar-refractivity contribution in [1.82, 2.24) is 15.0 Å². The second-order valence-corrected chi connectivity index (χ2v) is 5.68. The molecule has 0 radical (unpaired) electrons. The van der Waals surface area contributed by atoms with Crippen LogP contribution in [0.1, 0.15) is 39.4 Å². The zero-order valence-electron chi connectivity index (χ0n) is 11.1. The molecule has 0 spiro atoms. The molecule has 1 unspecified atom stereocenters. The molecule has 2 rings (SSSR count). The van der Waals surface area contributed by atoms with Crippen LogP contribution in [0, 0.1) is 0 Å². The molecule has 2 heterocycles. The Kier molecular flexibility index (Phi) is 3.49. The summed E-state index contributed by atoms with van der Waals surface area (Å²) in [6.45, 7) is 11.7. The summed E-state index contributed by atoms with van der Waals surface area (Å²) in [7, 11) is 0. The summed E-state index contributed by atoms with van der Waals surface area (Å²) >= 11 is 0. The van der Waals surface area contributed by atoms with Gasteiger partial charge in [-0.15, -0.1) is 0 Å². The van der Waals surface area contributed by atoms with Crippen molar-refractivity contribution in [3.05, 3.63) is 11.7 Å². The van der Waals surface area contributed by atoms with Crippen molar-refractivity contribution in [1.29, 1.82) is 0 Å². The number of morpholine rings is 1. The molecule has 0 bridgehead atoms.